The fraction of sp³-hybridized carbons (Fsp3) is 0.276. The largest absolute Gasteiger partial charge is 0.396 e. The summed E-state index contributed by atoms with van der Waals surface area (Å²) in [6, 6.07) is 16.2. The van der Waals surface area contributed by atoms with Crippen molar-refractivity contribution in [3.63, 3.8) is 0 Å². The molecule has 0 aliphatic carbocycles. The van der Waals surface area contributed by atoms with E-state index in [1.807, 2.05) is 11.0 Å². The molecule has 0 spiro atoms. The molecule has 9 nitrogen and oxygen atoms in total. The highest BCUT2D eigenvalue weighted by atomic mass is 32.2. The molecule has 3 aromatic rings. The Hall–Kier alpha value is -3.86. The average molecular weight is 549 g/mol. The van der Waals surface area contributed by atoms with Crippen LogP contribution in [0, 0.1) is 12.8 Å². The third kappa shape index (κ3) is 6.59. The lowest BCUT2D eigenvalue weighted by Gasteiger charge is -2.35. The second-order valence-electron chi connectivity index (χ2n) is 9.49. The molecule has 0 saturated carbocycles. The highest BCUT2D eigenvalue weighted by Crippen LogP contribution is 2.26. The molecule has 2 amide bonds. The van der Waals surface area contributed by atoms with Crippen molar-refractivity contribution in [1.82, 2.24) is 9.88 Å². The number of aryl methyl sites for hydroxylation is 1. The lowest BCUT2D eigenvalue weighted by atomic mass is 9.98. The Morgan fingerprint density at radius 3 is 2.38 bits per heavy atom. The first-order chi connectivity index (χ1) is 18.7. The number of aliphatic hydroxyl groups is 1. The number of nitrogens with one attached hydrogen (secondary N) is 2. The molecule has 10 heteroatoms. The van der Waals surface area contributed by atoms with Crippen LogP contribution in [0.3, 0.4) is 0 Å². The van der Waals surface area contributed by atoms with Gasteiger partial charge >= 0.3 is 0 Å². The van der Waals surface area contributed by atoms with E-state index in [0.717, 1.165) is 0 Å². The summed E-state index contributed by atoms with van der Waals surface area (Å²) in [5.41, 5.74) is 2.01. The predicted molar refractivity (Wildman–Crippen MR) is 150 cm³/mol. The summed E-state index contributed by atoms with van der Waals surface area (Å²) in [6.07, 6.45) is 4.29. The summed E-state index contributed by atoms with van der Waals surface area (Å²) >= 11 is 0. The first-order valence-corrected chi connectivity index (χ1v) is 14.2. The number of amides is 2. The maximum Gasteiger partial charge on any atom is 0.255 e. The van der Waals surface area contributed by atoms with E-state index >= 15 is 0 Å². The van der Waals surface area contributed by atoms with E-state index in [0.29, 0.717) is 48.6 Å². The molecule has 1 aliphatic heterocycles. The third-order valence-corrected chi connectivity index (χ3v) is 8.88. The number of carbonyl (C=O) groups excluding carboxylic acids is 2. The number of hydrogen-bond acceptors (Lipinski definition) is 7. The van der Waals surface area contributed by atoms with Crippen molar-refractivity contribution < 1.29 is 23.1 Å². The van der Waals surface area contributed by atoms with Crippen LogP contribution in [0.4, 0.5) is 11.4 Å². The molecule has 2 aromatic carbocycles. The molecule has 1 unspecified atom stereocenters. The summed E-state index contributed by atoms with van der Waals surface area (Å²) in [7, 11) is -3.85. The maximum absolute atomic E-state index is 13.5. The molecule has 1 aromatic heterocycles. The summed E-state index contributed by atoms with van der Waals surface area (Å²) in [4.78, 5) is 31.8. The second-order valence-corrected chi connectivity index (χ2v) is 11.5. The van der Waals surface area contributed by atoms with Gasteiger partial charge in [-0.05, 0) is 62.1 Å². The molecule has 39 heavy (non-hydrogen) atoms. The number of sulfone groups is 1. The number of anilines is 2. The van der Waals surface area contributed by atoms with Crippen LogP contribution in [0.2, 0.25) is 0 Å². The zero-order valence-corrected chi connectivity index (χ0v) is 22.5. The van der Waals surface area contributed by atoms with Gasteiger partial charge in [0.1, 0.15) is 5.37 Å². The van der Waals surface area contributed by atoms with Crippen LogP contribution in [0.1, 0.15) is 39.3 Å². The van der Waals surface area contributed by atoms with Gasteiger partial charge in [-0.15, -0.1) is 6.58 Å². The van der Waals surface area contributed by atoms with Gasteiger partial charge in [-0.3, -0.25) is 19.5 Å². The monoisotopic (exact) mass is 548 g/mol. The van der Waals surface area contributed by atoms with E-state index in [9.17, 15) is 23.1 Å². The standard InChI is InChI=1S/C29H32N4O5S/c1-3-27(33-14-12-21(19-34)13-15-33)39(37,38)25-11-7-10-23(16-25)29(36)31-24-17-26(20(2)30-18-24)32-28(35)22-8-5-4-6-9-22/h3-11,16-18,21,27,34H,1,12-15,19H2,2H3,(H,31,36)(H,32,35). The van der Waals surface area contributed by atoms with Crippen molar-refractivity contribution in [2.75, 3.05) is 30.3 Å². The highest BCUT2D eigenvalue weighted by Gasteiger charge is 2.33. The number of likely N-dealkylation sites (tertiary alicyclic amines) is 1. The number of carbonyl (C=O) groups is 2. The van der Waals surface area contributed by atoms with Crippen LogP contribution in [0.5, 0.6) is 0 Å². The van der Waals surface area contributed by atoms with E-state index < -0.39 is 21.1 Å². The first-order valence-electron chi connectivity index (χ1n) is 12.7. The third-order valence-electron chi connectivity index (χ3n) is 6.84. The van der Waals surface area contributed by atoms with Crippen LogP contribution in [0.15, 0.2) is 84.4 Å². The summed E-state index contributed by atoms with van der Waals surface area (Å²) in [5, 5.41) is 14.0. The smallest absolute Gasteiger partial charge is 0.255 e. The van der Waals surface area contributed by atoms with Crippen molar-refractivity contribution in [1.29, 1.82) is 0 Å². The van der Waals surface area contributed by atoms with Crippen molar-refractivity contribution in [2.24, 2.45) is 5.92 Å². The number of aliphatic hydroxyl groups excluding tert-OH is 1. The van der Waals surface area contributed by atoms with Crippen LogP contribution < -0.4 is 10.6 Å². The minimum Gasteiger partial charge on any atom is -0.396 e. The average Bonchev–Trinajstić information content (AvgIpc) is 2.96. The van der Waals surface area contributed by atoms with Gasteiger partial charge in [-0.25, -0.2) is 8.42 Å². The lowest BCUT2D eigenvalue weighted by molar-refractivity contribution is 0.101. The summed E-state index contributed by atoms with van der Waals surface area (Å²) in [6.45, 7) is 6.64. The van der Waals surface area contributed by atoms with Gasteiger partial charge in [0.15, 0.2) is 9.84 Å². The van der Waals surface area contributed by atoms with E-state index in [1.165, 1.54) is 36.5 Å². The molecule has 1 aliphatic rings. The fourth-order valence-corrected chi connectivity index (χ4v) is 6.23. The zero-order valence-electron chi connectivity index (χ0n) is 21.7. The highest BCUT2D eigenvalue weighted by molar-refractivity contribution is 7.92. The van der Waals surface area contributed by atoms with Crippen LogP contribution in [-0.2, 0) is 9.84 Å². The SMILES string of the molecule is C=CC(N1CCC(CO)CC1)S(=O)(=O)c1cccc(C(=O)Nc2cnc(C)c(NC(=O)c3ccccc3)c2)c1. The number of nitrogens with zero attached hydrogens (tertiary/aromatic N) is 2. The van der Waals surface area contributed by atoms with Crippen molar-refractivity contribution in [2.45, 2.75) is 30.0 Å². The van der Waals surface area contributed by atoms with Gasteiger partial charge in [-0.2, -0.15) is 0 Å². The Balaban J connectivity index is 1.50. The molecule has 2 heterocycles. The van der Waals surface area contributed by atoms with E-state index in [1.54, 1.807) is 37.3 Å². The molecule has 1 fully saturated rings. The van der Waals surface area contributed by atoms with Crippen LogP contribution in [-0.4, -0.2) is 60.3 Å². The van der Waals surface area contributed by atoms with E-state index in [4.69, 9.17) is 0 Å². The van der Waals surface area contributed by atoms with E-state index in [-0.39, 0.29) is 28.9 Å². The topological polar surface area (TPSA) is 129 Å². The zero-order chi connectivity index (χ0) is 28.0. The molecular formula is C29H32N4O5S. The number of rotatable bonds is 9. The number of benzene rings is 2. The van der Waals surface area contributed by atoms with E-state index in [2.05, 4.69) is 22.2 Å². The molecule has 4 rings (SSSR count). The number of piperidine rings is 1. The van der Waals surface area contributed by atoms with Crippen LogP contribution >= 0.6 is 0 Å². The Labute approximate surface area is 228 Å². The predicted octanol–water partition coefficient (Wildman–Crippen LogP) is 3.88. The molecular weight excluding hydrogens is 516 g/mol. The molecule has 1 saturated heterocycles. The van der Waals surface area contributed by atoms with Gasteiger partial charge in [0.2, 0.25) is 0 Å². The Morgan fingerprint density at radius 2 is 1.72 bits per heavy atom. The first kappa shape index (κ1) is 28.2. The van der Waals surface area contributed by atoms with Crippen molar-refractivity contribution in [3.8, 4) is 0 Å². The van der Waals surface area contributed by atoms with Gasteiger partial charge < -0.3 is 15.7 Å². The molecule has 0 bridgehead atoms. The summed E-state index contributed by atoms with van der Waals surface area (Å²) < 4.78 is 27.0. The van der Waals surface area contributed by atoms with Crippen molar-refractivity contribution in [3.05, 3.63) is 96.3 Å². The minimum atomic E-state index is -3.85. The minimum absolute atomic E-state index is 0.0159. The van der Waals surface area contributed by atoms with Gasteiger partial charge in [0.05, 0.1) is 28.2 Å². The number of hydrogen-bond donors (Lipinski definition) is 3. The Morgan fingerprint density at radius 1 is 1.05 bits per heavy atom. The van der Waals surface area contributed by atoms with Crippen molar-refractivity contribution >= 4 is 33.0 Å². The number of aromatic nitrogens is 1. The lowest BCUT2D eigenvalue weighted by Crippen LogP contribution is -2.45. The summed E-state index contributed by atoms with van der Waals surface area (Å²) in [5.74, 6) is -0.652. The maximum atomic E-state index is 13.5. The molecule has 1 atom stereocenters. The molecule has 3 N–H and O–H groups in total. The second kappa shape index (κ2) is 12.3. The fourth-order valence-electron chi connectivity index (χ4n) is 4.53. The van der Waals surface area contributed by atoms with Gasteiger partial charge in [0, 0.05) is 30.8 Å². The molecule has 0 radical (unpaired) electrons. The number of pyridine rings is 1. The Bertz CT molecular complexity index is 1450. The van der Waals surface area contributed by atoms with Crippen LogP contribution in [0.25, 0.3) is 0 Å². The quantitative estimate of drug-likeness (QED) is 0.346. The molecule has 204 valence electrons. The van der Waals surface area contributed by atoms with Gasteiger partial charge in [0.25, 0.3) is 11.8 Å². The van der Waals surface area contributed by atoms with Gasteiger partial charge in [-0.1, -0.05) is 30.3 Å². The normalized spacial score (nSPS) is 15.3. The Kier molecular flexibility index (Phi) is 8.90.